The summed E-state index contributed by atoms with van der Waals surface area (Å²) in [6, 6.07) is 0. The lowest BCUT2D eigenvalue weighted by molar-refractivity contribution is -0.215. The first-order chi connectivity index (χ1) is 8.89. The van der Waals surface area contributed by atoms with Gasteiger partial charge in [0.2, 0.25) is 5.91 Å². The van der Waals surface area contributed by atoms with Crippen LogP contribution in [-0.4, -0.2) is 41.1 Å². The van der Waals surface area contributed by atoms with Crippen LogP contribution in [0.15, 0.2) is 0 Å². The molecule has 0 bridgehead atoms. The second-order valence-corrected chi connectivity index (χ2v) is 6.34. The molecule has 0 aromatic carbocycles. The molecule has 20 heavy (non-hydrogen) atoms. The van der Waals surface area contributed by atoms with E-state index in [1.165, 1.54) is 11.8 Å². The van der Waals surface area contributed by atoms with Gasteiger partial charge in [-0.3, -0.25) is 9.59 Å². The number of carbonyl (C=O) groups excluding carboxylic acids is 1. The molecule has 1 amide bonds. The molecule has 1 N–H and O–H groups in total. The molecule has 0 aromatic heterocycles. The van der Waals surface area contributed by atoms with Gasteiger partial charge in [-0.1, -0.05) is 13.8 Å². The number of carboxylic acid groups (broad SMARTS) is 1. The molecule has 0 radical (unpaired) electrons. The number of aliphatic carboxylic acids is 1. The summed E-state index contributed by atoms with van der Waals surface area (Å²) >= 11 is 0. The number of nitrogens with zero attached hydrogens (tertiary/aromatic N) is 1. The highest BCUT2D eigenvalue weighted by molar-refractivity contribution is 5.80. The molecule has 7 heteroatoms. The van der Waals surface area contributed by atoms with Crippen molar-refractivity contribution >= 4 is 11.9 Å². The van der Waals surface area contributed by atoms with Crippen LogP contribution >= 0.6 is 0 Å². The largest absolute Gasteiger partial charge is 0.481 e. The molecular formula is C13H20F3NO3. The summed E-state index contributed by atoms with van der Waals surface area (Å²) in [6.07, 6.45) is -4.21. The third kappa shape index (κ3) is 3.43. The lowest BCUT2D eigenvalue weighted by Gasteiger charge is -2.39. The molecule has 1 unspecified atom stereocenters. The van der Waals surface area contributed by atoms with Crippen LogP contribution in [0.3, 0.4) is 0 Å². The molecule has 1 heterocycles. The number of piperidine rings is 1. The molecular weight excluding hydrogens is 275 g/mol. The Morgan fingerprint density at radius 3 is 2.30 bits per heavy atom. The van der Waals surface area contributed by atoms with Crippen molar-refractivity contribution in [3.05, 3.63) is 0 Å². The van der Waals surface area contributed by atoms with E-state index in [0.717, 1.165) is 13.8 Å². The van der Waals surface area contributed by atoms with Crippen LogP contribution in [0.1, 0.15) is 40.0 Å². The standard InChI is InChI=1S/C13H20F3NO3/c1-11(2,13(14,15)16)7-9(18)17-6-4-5-12(3,8-17)10(19)20/h4-8H2,1-3H3,(H,19,20). The summed E-state index contributed by atoms with van der Waals surface area (Å²) in [5.74, 6) is -1.66. The number of halogens is 3. The summed E-state index contributed by atoms with van der Waals surface area (Å²) in [5.41, 5.74) is -3.18. The van der Waals surface area contributed by atoms with Gasteiger partial charge in [-0.2, -0.15) is 13.2 Å². The zero-order valence-corrected chi connectivity index (χ0v) is 11.9. The Hall–Kier alpha value is -1.27. The number of rotatable bonds is 3. The fourth-order valence-electron chi connectivity index (χ4n) is 2.22. The topological polar surface area (TPSA) is 57.6 Å². The van der Waals surface area contributed by atoms with E-state index in [2.05, 4.69) is 0 Å². The highest BCUT2D eigenvalue weighted by atomic mass is 19.4. The van der Waals surface area contributed by atoms with Crippen LogP contribution in [0.2, 0.25) is 0 Å². The molecule has 0 aliphatic carbocycles. The first-order valence-electron chi connectivity index (χ1n) is 6.47. The second-order valence-electron chi connectivity index (χ2n) is 6.34. The quantitative estimate of drug-likeness (QED) is 0.871. The third-order valence-electron chi connectivity index (χ3n) is 3.93. The van der Waals surface area contributed by atoms with Crippen molar-refractivity contribution < 1.29 is 27.9 Å². The van der Waals surface area contributed by atoms with Crippen LogP contribution in [0.25, 0.3) is 0 Å². The Morgan fingerprint density at radius 1 is 1.30 bits per heavy atom. The van der Waals surface area contributed by atoms with E-state index in [9.17, 15) is 22.8 Å². The summed E-state index contributed by atoms with van der Waals surface area (Å²) in [7, 11) is 0. The van der Waals surface area contributed by atoms with Gasteiger partial charge in [0, 0.05) is 19.5 Å². The maximum absolute atomic E-state index is 12.8. The average molecular weight is 295 g/mol. The molecule has 1 aliphatic rings. The normalized spacial score (nSPS) is 24.6. The number of likely N-dealkylation sites (tertiary alicyclic amines) is 1. The summed E-state index contributed by atoms with van der Waals surface area (Å²) in [6.45, 7) is 3.75. The number of amides is 1. The highest BCUT2D eigenvalue weighted by Gasteiger charge is 2.49. The molecule has 0 spiro atoms. The van der Waals surface area contributed by atoms with Crippen molar-refractivity contribution in [3.8, 4) is 0 Å². The minimum Gasteiger partial charge on any atom is -0.481 e. The summed E-state index contributed by atoms with van der Waals surface area (Å²) in [5, 5.41) is 9.14. The Balaban J connectivity index is 2.76. The van der Waals surface area contributed by atoms with Gasteiger partial charge in [-0.25, -0.2) is 0 Å². The van der Waals surface area contributed by atoms with E-state index in [1.807, 2.05) is 0 Å². The Bertz CT molecular complexity index is 406. The summed E-state index contributed by atoms with van der Waals surface area (Å²) in [4.78, 5) is 24.4. The molecule has 1 rings (SSSR count). The minimum absolute atomic E-state index is 0.0326. The van der Waals surface area contributed by atoms with Gasteiger partial charge in [0.25, 0.3) is 0 Å². The van der Waals surface area contributed by atoms with E-state index >= 15 is 0 Å². The maximum atomic E-state index is 12.8. The third-order valence-corrected chi connectivity index (χ3v) is 3.93. The van der Waals surface area contributed by atoms with Crippen LogP contribution in [0.4, 0.5) is 13.2 Å². The van der Waals surface area contributed by atoms with Crippen molar-refractivity contribution in [2.45, 2.75) is 46.2 Å². The number of hydrogen-bond donors (Lipinski definition) is 1. The zero-order valence-electron chi connectivity index (χ0n) is 11.9. The van der Waals surface area contributed by atoms with Crippen molar-refractivity contribution in [2.75, 3.05) is 13.1 Å². The minimum atomic E-state index is -4.46. The Morgan fingerprint density at radius 2 is 1.85 bits per heavy atom. The van der Waals surface area contributed by atoms with E-state index in [1.54, 1.807) is 0 Å². The van der Waals surface area contributed by atoms with Crippen LogP contribution in [0, 0.1) is 10.8 Å². The Labute approximate surface area is 115 Å². The van der Waals surface area contributed by atoms with E-state index in [4.69, 9.17) is 5.11 Å². The zero-order chi connectivity index (χ0) is 15.8. The first-order valence-corrected chi connectivity index (χ1v) is 6.47. The van der Waals surface area contributed by atoms with E-state index in [-0.39, 0.29) is 6.54 Å². The average Bonchev–Trinajstić information content (AvgIpc) is 2.26. The van der Waals surface area contributed by atoms with Gasteiger partial charge in [0.15, 0.2) is 0 Å². The maximum Gasteiger partial charge on any atom is 0.394 e. The van der Waals surface area contributed by atoms with Crippen molar-refractivity contribution in [2.24, 2.45) is 10.8 Å². The molecule has 1 saturated heterocycles. The monoisotopic (exact) mass is 295 g/mol. The van der Waals surface area contributed by atoms with Crippen molar-refractivity contribution in [3.63, 3.8) is 0 Å². The SMILES string of the molecule is CC1(C(=O)O)CCCN(C(=O)CC(C)(C)C(F)(F)F)C1. The number of carboxylic acids is 1. The van der Waals surface area contributed by atoms with Gasteiger partial charge >= 0.3 is 12.1 Å². The fraction of sp³-hybridized carbons (Fsp3) is 0.846. The van der Waals surface area contributed by atoms with Gasteiger partial charge in [-0.05, 0) is 19.8 Å². The van der Waals surface area contributed by atoms with E-state index in [0.29, 0.717) is 19.4 Å². The van der Waals surface area contributed by atoms with Crippen LogP contribution < -0.4 is 0 Å². The molecule has 116 valence electrons. The van der Waals surface area contributed by atoms with Crippen LogP contribution in [0.5, 0.6) is 0 Å². The fourth-order valence-corrected chi connectivity index (χ4v) is 2.22. The molecule has 1 atom stereocenters. The first kappa shape index (κ1) is 16.8. The molecule has 0 saturated carbocycles. The van der Waals surface area contributed by atoms with Gasteiger partial charge in [-0.15, -0.1) is 0 Å². The molecule has 4 nitrogen and oxygen atoms in total. The highest BCUT2D eigenvalue weighted by Crippen LogP contribution is 2.41. The van der Waals surface area contributed by atoms with E-state index < -0.39 is 35.3 Å². The predicted molar refractivity (Wildman–Crippen MR) is 66.0 cm³/mol. The lowest BCUT2D eigenvalue weighted by Crippen LogP contribution is -2.50. The molecule has 0 aromatic rings. The van der Waals surface area contributed by atoms with Crippen molar-refractivity contribution in [1.29, 1.82) is 0 Å². The van der Waals surface area contributed by atoms with Gasteiger partial charge in [0.1, 0.15) is 0 Å². The number of alkyl halides is 3. The Kier molecular flexibility index (Phi) is 4.41. The lowest BCUT2D eigenvalue weighted by atomic mass is 9.81. The summed E-state index contributed by atoms with van der Waals surface area (Å²) < 4.78 is 38.3. The molecule has 1 aliphatic heterocycles. The van der Waals surface area contributed by atoms with Gasteiger partial charge in [0.05, 0.1) is 10.8 Å². The van der Waals surface area contributed by atoms with Gasteiger partial charge < -0.3 is 10.0 Å². The smallest absolute Gasteiger partial charge is 0.394 e. The van der Waals surface area contributed by atoms with Crippen LogP contribution in [-0.2, 0) is 9.59 Å². The predicted octanol–water partition coefficient (Wildman–Crippen LogP) is 2.68. The number of carbonyl (C=O) groups is 2. The number of hydrogen-bond acceptors (Lipinski definition) is 2. The molecule has 1 fully saturated rings. The second kappa shape index (κ2) is 5.26. The van der Waals surface area contributed by atoms with Crippen molar-refractivity contribution in [1.82, 2.24) is 4.90 Å².